The number of anilines is 1. The third-order valence-corrected chi connectivity index (χ3v) is 4.66. The molecule has 1 heterocycles. The van der Waals surface area contributed by atoms with Gasteiger partial charge in [0.15, 0.2) is 0 Å². The van der Waals surface area contributed by atoms with Crippen molar-refractivity contribution in [2.75, 3.05) is 18.4 Å². The molecule has 1 fully saturated rings. The molecular formula is C22H25FN2O3. The van der Waals surface area contributed by atoms with Gasteiger partial charge in [-0.25, -0.2) is 4.39 Å². The van der Waals surface area contributed by atoms with Crippen LogP contribution in [0.3, 0.4) is 0 Å². The molecule has 0 bridgehead atoms. The Balaban J connectivity index is 1.51. The number of likely N-dealkylation sites (tertiary alicyclic amines) is 1. The molecule has 1 aliphatic heterocycles. The fourth-order valence-electron chi connectivity index (χ4n) is 3.21. The summed E-state index contributed by atoms with van der Waals surface area (Å²) in [5.41, 5.74) is 1.64. The van der Waals surface area contributed by atoms with E-state index in [0.29, 0.717) is 25.2 Å². The predicted molar refractivity (Wildman–Crippen MR) is 106 cm³/mol. The molecule has 148 valence electrons. The minimum atomic E-state index is -0.368. The number of nitrogens with zero attached hydrogens (tertiary/aromatic N) is 1. The van der Waals surface area contributed by atoms with Crippen LogP contribution in [-0.4, -0.2) is 35.9 Å². The van der Waals surface area contributed by atoms with E-state index in [1.54, 1.807) is 29.2 Å². The summed E-state index contributed by atoms with van der Waals surface area (Å²) >= 11 is 0. The molecule has 1 atom stereocenters. The zero-order chi connectivity index (χ0) is 20.1. The van der Waals surface area contributed by atoms with Crippen LogP contribution in [0.1, 0.15) is 25.8 Å². The summed E-state index contributed by atoms with van der Waals surface area (Å²) in [4.78, 5) is 26.5. The van der Waals surface area contributed by atoms with Gasteiger partial charge in [-0.2, -0.15) is 0 Å². The molecule has 1 unspecified atom stereocenters. The van der Waals surface area contributed by atoms with Crippen molar-refractivity contribution in [2.24, 2.45) is 5.92 Å². The van der Waals surface area contributed by atoms with Gasteiger partial charge in [0.05, 0.1) is 12.0 Å². The van der Waals surface area contributed by atoms with Crippen LogP contribution in [-0.2, 0) is 16.0 Å². The summed E-state index contributed by atoms with van der Waals surface area (Å²) in [6.07, 6.45) is 0.937. The van der Waals surface area contributed by atoms with Gasteiger partial charge in [0, 0.05) is 25.2 Å². The highest BCUT2D eigenvalue weighted by molar-refractivity contribution is 5.97. The average molecular weight is 384 g/mol. The van der Waals surface area contributed by atoms with Gasteiger partial charge in [-0.15, -0.1) is 0 Å². The van der Waals surface area contributed by atoms with E-state index in [1.165, 1.54) is 12.1 Å². The number of carbonyl (C=O) groups is 2. The summed E-state index contributed by atoms with van der Waals surface area (Å²) in [6.45, 7) is 4.83. The summed E-state index contributed by atoms with van der Waals surface area (Å²) in [5, 5.41) is 2.87. The molecule has 0 radical (unpaired) electrons. The van der Waals surface area contributed by atoms with Crippen molar-refractivity contribution >= 4 is 17.5 Å². The number of nitrogens with one attached hydrogen (secondary N) is 1. The number of rotatable bonds is 7. The summed E-state index contributed by atoms with van der Waals surface area (Å²) in [7, 11) is 0. The maximum Gasteiger partial charge on any atom is 0.229 e. The quantitative estimate of drug-likeness (QED) is 0.793. The van der Waals surface area contributed by atoms with Crippen LogP contribution in [0.2, 0.25) is 0 Å². The number of amides is 2. The van der Waals surface area contributed by atoms with Crippen LogP contribution in [0.25, 0.3) is 0 Å². The normalized spacial score (nSPS) is 16.5. The first-order valence-corrected chi connectivity index (χ1v) is 9.50. The Morgan fingerprint density at radius 3 is 2.50 bits per heavy atom. The van der Waals surface area contributed by atoms with E-state index >= 15 is 0 Å². The highest BCUT2D eigenvalue weighted by Gasteiger charge is 2.34. The van der Waals surface area contributed by atoms with Crippen molar-refractivity contribution in [3.8, 4) is 5.75 Å². The van der Waals surface area contributed by atoms with Crippen LogP contribution in [0, 0.1) is 11.7 Å². The SMILES string of the molecule is CC(C)Oc1ccc(NC(=O)C2CC(=O)N(CCc3ccc(F)cc3)C2)cc1. The number of halogens is 1. The predicted octanol–water partition coefficient (Wildman–Crippen LogP) is 3.64. The largest absolute Gasteiger partial charge is 0.491 e. The van der Waals surface area contributed by atoms with E-state index in [-0.39, 0.29) is 36.1 Å². The van der Waals surface area contributed by atoms with Gasteiger partial charge in [-0.1, -0.05) is 12.1 Å². The zero-order valence-corrected chi connectivity index (χ0v) is 16.2. The molecule has 0 aromatic heterocycles. The lowest BCUT2D eigenvalue weighted by Crippen LogP contribution is -2.30. The van der Waals surface area contributed by atoms with Crippen molar-refractivity contribution in [3.63, 3.8) is 0 Å². The van der Waals surface area contributed by atoms with Crippen molar-refractivity contribution in [1.29, 1.82) is 0 Å². The summed E-state index contributed by atoms with van der Waals surface area (Å²) in [6, 6.07) is 13.5. The smallest absolute Gasteiger partial charge is 0.229 e. The Morgan fingerprint density at radius 1 is 1.18 bits per heavy atom. The van der Waals surface area contributed by atoms with Crippen LogP contribution in [0.15, 0.2) is 48.5 Å². The van der Waals surface area contributed by atoms with Gasteiger partial charge in [-0.05, 0) is 62.2 Å². The van der Waals surface area contributed by atoms with Gasteiger partial charge >= 0.3 is 0 Å². The number of benzene rings is 2. The minimum Gasteiger partial charge on any atom is -0.491 e. The first-order valence-electron chi connectivity index (χ1n) is 9.50. The average Bonchev–Trinajstić information content (AvgIpc) is 3.03. The molecule has 28 heavy (non-hydrogen) atoms. The number of hydrogen-bond acceptors (Lipinski definition) is 3. The first-order chi connectivity index (χ1) is 13.4. The molecule has 2 aromatic rings. The lowest BCUT2D eigenvalue weighted by Gasteiger charge is -2.17. The maximum absolute atomic E-state index is 13.0. The number of hydrogen-bond donors (Lipinski definition) is 1. The van der Waals surface area contributed by atoms with E-state index in [2.05, 4.69) is 5.32 Å². The second-order valence-corrected chi connectivity index (χ2v) is 7.30. The third-order valence-electron chi connectivity index (χ3n) is 4.66. The minimum absolute atomic E-state index is 0.0251. The molecule has 1 saturated heterocycles. The Kier molecular flexibility index (Phi) is 6.29. The molecule has 2 amide bonds. The number of carbonyl (C=O) groups excluding carboxylic acids is 2. The van der Waals surface area contributed by atoms with Gasteiger partial charge in [0.2, 0.25) is 11.8 Å². The molecule has 1 N–H and O–H groups in total. The van der Waals surface area contributed by atoms with Crippen LogP contribution < -0.4 is 10.1 Å². The van der Waals surface area contributed by atoms with E-state index in [9.17, 15) is 14.0 Å². The lowest BCUT2D eigenvalue weighted by atomic mass is 10.1. The van der Waals surface area contributed by atoms with Crippen LogP contribution >= 0.6 is 0 Å². The second kappa shape index (κ2) is 8.87. The van der Waals surface area contributed by atoms with E-state index in [4.69, 9.17) is 4.74 Å². The third kappa shape index (κ3) is 5.31. The fraction of sp³-hybridized carbons (Fsp3) is 0.364. The van der Waals surface area contributed by atoms with Gasteiger partial charge in [-0.3, -0.25) is 9.59 Å². The molecular weight excluding hydrogens is 359 g/mol. The first kappa shape index (κ1) is 19.9. The molecule has 5 nitrogen and oxygen atoms in total. The van der Waals surface area contributed by atoms with Crippen molar-refractivity contribution < 1.29 is 18.7 Å². The zero-order valence-electron chi connectivity index (χ0n) is 16.2. The standard InChI is InChI=1S/C22H25FN2O3/c1-15(2)28-20-9-7-19(8-10-20)24-22(27)17-13-21(26)25(14-17)12-11-16-3-5-18(23)6-4-16/h3-10,15,17H,11-14H2,1-2H3,(H,24,27). The summed E-state index contributed by atoms with van der Waals surface area (Å²) in [5.74, 6) is -0.0806. The molecule has 0 saturated carbocycles. The molecule has 6 heteroatoms. The van der Waals surface area contributed by atoms with E-state index in [1.807, 2.05) is 26.0 Å². The lowest BCUT2D eigenvalue weighted by molar-refractivity contribution is -0.128. The Bertz CT molecular complexity index is 819. The van der Waals surface area contributed by atoms with Crippen LogP contribution in [0.4, 0.5) is 10.1 Å². The highest BCUT2D eigenvalue weighted by Crippen LogP contribution is 2.22. The molecule has 0 spiro atoms. The maximum atomic E-state index is 13.0. The van der Waals surface area contributed by atoms with E-state index in [0.717, 1.165) is 11.3 Å². The fourth-order valence-corrected chi connectivity index (χ4v) is 3.21. The molecule has 3 rings (SSSR count). The van der Waals surface area contributed by atoms with Crippen molar-refractivity contribution in [2.45, 2.75) is 32.8 Å². The Labute approximate surface area is 164 Å². The van der Waals surface area contributed by atoms with Crippen molar-refractivity contribution in [3.05, 3.63) is 59.9 Å². The number of ether oxygens (including phenoxy) is 1. The van der Waals surface area contributed by atoms with Gasteiger partial charge in [0.1, 0.15) is 11.6 Å². The van der Waals surface area contributed by atoms with E-state index < -0.39 is 0 Å². The van der Waals surface area contributed by atoms with Gasteiger partial charge < -0.3 is 15.0 Å². The topological polar surface area (TPSA) is 58.6 Å². The molecule has 1 aliphatic rings. The monoisotopic (exact) mass is 384 g/mol. The molecule has 0 aliphatic carbocycles. The molecule has 2 aromatic carbocycles. The Morgan fingerprint density at radius 2 is 1.86 bits per heavy atom. The van der Waals surface area contributed by atoms with Gasteiger partial charge in [0.25, 0.3) is 0 Å². The van der Waals surface area contributed by atoms with Crippen molar-refractivity contribution in [1.82, 2.24) is 4.90 Å². The van der Waals surface area contributed by atoms with Crippen LogP contribution in [0.5, 0.6) is 5.75 Å². The highest BCUT2D eigenvalue weighted by atomic mass is 19.1. The Hall–Kier alpha value is -2.89. The summed E-state index contributed by atoms with van der Waals surface area (Å²) < 4.78 is 18.6. The second-order valence-electron chi connectivity index (χ2n) is 7.30.